The monoisotopic (exact) mass is 367 g/mol. The van der Waals surface area contributed by atoms with Crippen LogP contribution >= 0.6 is 11.3 Å². The molecule has 1 aliphatic rings. The molecule has 2 heterocycles. The van der Waals surface area contributed by atoms with Crippen LogP contribution in [0.1, 0.15) is 29.4 Å². The third kappa shape index (κ3) is 2.80. The maximum Gasteiger partial charge on any atom is 0.231 e. The fourth-order valence-corrected chi connectivity index (χ4v) is 3.94. The van der Waals surface area contributed by atoms with Crippen molar-refractivity contribution in [2.75, 3.05) is 5.32 Å². The minimum absolute atomic E-state index is 0.0296. The molecule has 1 fully saturated rings. The van der Waals surface area contributed by atoms with Crippen molar-refractivity contribution in [1.29, 1.82) is 0 Å². The number of aromatic hydroxyl groups is 1. The minimum Gasteiger partial charge on any atom is -0.507 e. The number of anilines is 1. The molecule has 6 nitrogen and oxygen atoms in total. The Morgan fingerprint density at radius 1 is 1.15 bits per heavy atom. The first-order chi connectivity index (χ1) is 12.5. The van der Waals surface area contributed by atoms with Crippen LogP contribution in [0.15, 0.2) is 42.6 Å². The second kappa shape index (κ2) is 6.42. The predicted octanol–water partition coefficient (Wildman–Crippen LogP) is 3.57. The molecule has 0 bridgehead atoms. The number of nitrogens with one attached hydrogen (secondary N) is 1. The summed E-state index contributed by atoms with van der Waals surface area (Å²) in [5, 5.41) is 16.1. The number of fused-ring (bicyclic) bond motifs is 1. The molecule has 4 rings (SSSR count). The Hall–Kier alpha value is -2.93. The molecule has 1 aliphatic heterocycles. The van der Waals surface area contributed by atoms with Gasteiger partial charge in [0.15, 0.2) is 5.13 Å². The fourth-order valence-electron chi connectivity index (χ4n) is 3.26. The summed E-state index contributed by atoms with van der Waals surface area (Å²) in [4.78, 5) is 31.3. The van der Waals surface area contributed by atoms with Crippen molar-refractivity contribution in [3.63, 3.8) is 0 Å². The highest BCUT2D eigenvalue weighted by molar-refractivity contribution is 7.15. The number of phenols is 1. The summed E-state index contributed by atoms with van der Waals surface area (Å²) in [5.74, 6) is -0.483. The molecule has 26 heavy (non-hydrogen) atoms. The Balaban J connectivity index is 1.89. The highest BCUT2D eigenvalue weighted by Crippen LogP contribution is 2.38. The molecule has 3 aromatic rings. The molecule has 2 N–H and O–H groups in total. The van der Waals surface area contributed by atoms with Gasteiger partial charge in [-0.25, -0.2) is 4.98 Å². The van der Waals surface area contributed by atoms with E-state index in [1.807, 2.05) is 37.3 Å². The van der Waals surface area contributed by atoms with Gasteiger partial charge in [-0.1, -0.05) is 30.3 Å². The van der Waals surface area contributed by atoms with E-state index in [1.54, 1.807) is 12.3 Å². The van der Waals surface area contributed by atoms with E-state index in [4.69, 9.17) is 0 Å². The summed E-state index contributed by atoms with van der Waals surface area (Å²) in [6.45, 7) is 1.93. The number of nitrogens with zero attached hydrogens (tertiary/aromatic N) is 2. The Morgan fingerprint density at radius 2 is 1.88 bits per heavy atom. The van der Waals surface area contributed by atoms with Crippen molar-refractivity contribution in [2.45, 2.75) is 25.9 Å². The van der Waals surface area contributed by atoms with E-state index in [9.17, 15) is 14.7 Å². The maximum atomic E-state index is 12.4. The lowest BCUT2D eigenvalue weighted by Gasteiger charge is -2.29. The Bertz CT molecular complexity index is 998. The van der Waals surface area contributed by atoms with Crippen LogP contribution in [0.5, 0.6) is 5.75 Å². The number of hydrogen-bond acceptors (Lipinski definition) is 6. The summed E-state index contributed by atoms with van der Waals surface area (Å²) in [6, 6.07) is 11.0. The number of amides is 2. The molecule has 0 saturated carbocycles. The van der Waals surface area contributed by atoms with Gasteiger partial charge in [0, 0.05) is 29.5 Å². The molecular weight excluding hydrogens is 350 g/mol. The third-order valence-electron chi connectivity index (χ3n) is 4.45. The normalized spacial score (nSPS) is 15.7. The second-order valence-electron chi connectivity index (χ2n) is 6.20. The molecule has 0 spiro atoms. The smallest absolute Gasteiger partial charge is 0.231 e. The van der Waals surface area contributed by atoms with Crippen molar-refractivity contribution in [1.82, 2.24) is 9.88 Å². The van der Waals surface area contributed by atoms with Crippen LogP contribution in [0.3, 0.4) is 0 Å². The van der Waals surface area contributed by atoms with Gasteiger partial charge in [-0.05, 0) is 23.8 Å². The molecule has 1 unspecified atom stereocenters. The lowest BCUT2D eigenvalue weighted by molar-refractivity contribution is -0.140. The number of likely N-dealkylation sites (tertiary alicyclic amines) is 1. The van der Waals surface area contributed by atoms with Crippen LogP contribution in [-0.4, -0.2) is 26.8 Å². The van der Waals surface area contributed by atoms with Crippen LogP contribution in [0, 0.1) is 6.92 Å². The highest BCUT2D eigenvalue weighted by Gasteiger charge is 2.38. The largest absolute Gasteiger partial charge is 0.507 e. The molecule has 2 aromatic carbocycles. The van der Waals surface area contributed by atoms with E-state index >= 15 is 0 Å². The lowest BCUT2D eigenvalue weighted by atomic mass is 10.0. The van der Waals surface area contributed by atoms with Gasteiger partial charge in [-0.2, -0.15) is 0 Å². The summed E-state index contributed by atoms with van der Waals surface area (Å²) in [5.41, 5.74) is 0.500. The predicted molar refractivity (Wildman–Crippen MR) is 99.9 cm³/mol. The van der Waals surface area contributed by atoms with E-state index < -0.39 is 6.17 Å². The van der Waals surface area contributed by atoms with Crippen LogP contribution < -0.4 is 5.32 Å². The molecule has 0 aliphatic carbocycles. The van der Waals surface area contributed by atoms with E-state index in [0.717, 1.165) is 15.6 Å². The number of hydrogen-bond donors (Lipinski definition) is 2. The van der Waals surface area contributed by atoms with Crippen molar-refractivity contribution >= 4 is 39.1 Å². The number of imide groups is 1. The summed E-state index contributed by atoms with van der Waals surface area (Å²) in [7, 11) is 0. The van der Waals surface area contributed by atoms with Gasteiger partial charge in [0.25, 0.3) is 0 Å². The van der Waals surface area contributed by atoms with E-state index in [2.05, 4.69) is 10.3 Å². The Morgan fingerprint density at radius 3 is 2.58 bits per heavy atom. The van der Waals surface area contributed by atoms with Crippen molar-refractivity contribution in [2.24, 2.45) is 0 Å². The number of rotatable bonds is 4. The number of carbonyl (C=O) groups is 2. The number of phenolic OH excluding ortho intramolecular Hbond substituents is 1. The Labute approximate surface area is 154 Å². The van der Waals surface area contributed by atoms with Crippen LogP contribution in [0.25, 0.3) is 10.8 Å². The van der Waals surface area contributed by atoms with Gasteiger partial charge in [-0.15, -0.1) is 11.3 Å². The first kappa shape index (κ1) is 16.5. The first-order valence-corrected chi connectivity index (χ1v) is 9.10. The Kier molecular flexibility index (Phi) is 4.08. The standard InChI is InChI=1S/C19H17N3O3S/c1-11-10-20-19(26-11)21-18(22-15(24)8-9-16(22)25)17-13-5-3-2-4-12(13)6-7-14(17)23/h2-7,10,18,23H,8-9H2,1H3,(H,20,21). The molecular formula is C19H17N3O3S. The average molecular weight is 367 g/mol. The zero-order valence-corrected chi connectivity index (χ0v) is 14.9. The van der Waals surface area contributed by atoms with Gasteiger partial charge in [0.1, 0.15) is 11.9 Å². The maximum absolute atomic E-state index is 12.4. The highest BCUT2D eigenvalue weighted by atomic mass is 32.1. The van der Waals surface area contributed by atoms with Gasteiger partial charge in [-0.3, -0.25) is 14.5 Å². The van der Waals surface area contributed by atoms with Gasteiger partial charge < -0.3 is 10.4 Å². The van der Waals surface area contributed by atoms with Gasteiger partial charge in [0.2, 0.25) is 11.8 Å². The lowest BCUT2D eigenvalue weighted by Crippen LogP contribution is -2.38. The minimum atomic E-state index is -0.811. The zero-order valence-electron chi connectivity index (χ0n) is 14.1. The van der Waals surface area contributed by atoms with E-state index in [1.165, 1.54) is 16.2 Å². The zero-order chi connectivity index (χ0) is 18.3. The second-order valence-corrected chi connectivity index (χ2v) is 7.43. The van der Waals surface area contributed by atoms with Crippen molar-refractivity contribution < 1.29 is 14.7 Å². The molecule has 2 amide bonds. The molecule has 132 valence electrons. The number of benzene rings is 2. The molecule has 0 radical (unpaired) electrons. The van der Waals surface area contributed by atoms with Crippen molar-refractivity contribution in [3.05, 3.63) is 53.0 Å². The molecule has 1 atom stereocenters. The number of aromatic nitrogens is 1. The number of thiazole rings is 1. The third-order valence-corrected chi connectivity index (χ3v) is 5.29. The van der Waals surface area contributed by atoms with E-state index in [0.29, 0.717) is 10.7 Å². The van der Waals surface area contributed by atoms with Crippen LogP contribution in [-0.2, 0) is 9.59 Å². The SMILES string of the molecule is Cc1cnc(NC(c2c(O)ccc3ccccc23)N2C(=O)CCC2=O)s1. The summed E-state index contributed by atoms with van der Waals surface area (Å²) < 4.78 is 0. The quantitative estimate of drug-likeness (QED) is 0.689. The summed E-state index contributed by atoms with van der Waals surface area (Å²) >= 11 is 1.43. The topological polar surface area (TPSA) is 82.5 Å². The first-order valence-electron chi connectivity index (χ1n) is 8.29. The average Bonchev–Trinajstić information content (AvgIpc) is 3.18. The van der Waals surface area contributed by atoms with Gasteiger partial charge in [0.05, 0.1) is 0 Å². The van der Waals surface area contributed by atoms with Gasteiger partial charge >= 0.3 is 0 Å². The molecule has 1 saturated heterocycles. The van der Waals surface area contributed by atoms with Crippen molar-refractivity contribution in [3.8, 4) is 5.75 Å². The number of aryl methyl sites for hydroxylation is 1. The van der Waals surface area contributed by atoms with Crippen LogP contribution in [0.2, 0.25) is 0 Å². The van der Waals surface area contributed by atoms with E-state index in [-0.39, 0.29) is 30.4 Å². The number of carbonyl (C=O) groups excluding carboxylic acids is 2. The molecule has 1 aromatic heterocycles. The molecule has 7 heteroatoms. The summed E-state index contributed by atoms with van der Waals surface area (Å²) in [6.07, 6.45) is 1.27. The fraction of sp³-hybridized carbons (Fsp3) is 0.211. The van der Waals surface area contributed by atoms with Crippen LogP contribution in [0.4, 0.5) is 5.13 Å².